The Balaban J connectivity index is 0.00000289. The lowest BCUT2D eigenvalue weighted by atomic mass is 10.0. The molecular weight excluding hydrogens is 270 g/mol. The van der Waals surface area contributed by atoms with Gasteiger partial charge in [0.25, 0.3) is 0 Å². The van der Waals surface area contributed by atoms with Crippen molar-refractivity contribution in [1.29, 1.82) is 0 Å². The second-order valence-electron chi connectivity index (χ2n) is 3.99. The van der Waals surface area contributed by atoms with Crippen molar-refractivity contribution in [3.63, 3.8) is 0 Å². The van der Waals surface area contributed by atoms with Crippen molar-refractivity contribution >= 4 is 12.4 Å². The minimum atomic E-state index is -4.66. The first kappa shape index (κ1) is 17.2. The number of halogens is 5. The third-order valence-corrected chi connectivity index (χ3v) is 2.60. The summed E-state index contributed by atoms with van der Waals surface area (Å²) >= 11 is 0. The second-order valence-corrected chi connectivity index (χ2v) is 3.99. The largest absolute Gasteiger partial charge is 0.419 e. The maximum absolute atomic E-state index is 13.3. The highest BCUT2D eigenvalue weighted by molar-refractivity contribution is 5.85. The highest BCUT2D eigenvalue weighted by Gasteiger charge is 2.34. The summed E-state index contributed by atoms with van der Waals surface area (Å²) in [6.07, 6.45) is -2.21. The van der Waals surface area contributed by atoms with Crippen LogP contribution in [0.5, 0.6) is 0 Å². The zero-order valence-electron chi connectivity index (χ0n) is 9.93. The summed E-state index contributed by atoms with van der Waals surface area (Å²) in [6.45, 7) is 1.99. The number of unbranched alkanes of at least 4 members (excludes halogenated alkanes) is 1. The van der Waals surface area contributed by atoms with Gasteiger partial charge in [-0.3, -0.25) is 0 Å². The topological polar surface area (TPSA) is 26.0 Å². The number of benzene rings is 1. The van der Waals surface area contributed by atoms with Gasteiger partial charge in [-0.1, -0.05) is 25.8 Å². The van der Waals surface area contributed by atoms with E-state index in [9.17, 15) is 17.6 Å². The van der Waals surface area contributed by atoms with Crippen LogP contribution < -0.4 is 5.73 Å². The normalized spacial score (nSPS) is 13.0. The van der Waals surface area contributed by atoms with Gasteiger partial charge in [-0.15, -0.1) is 12.4 Å². The fourth-order valence-corrected chi connectivity index (χ4v) is 1.58. The third kappa shape index (κ3) is 4.46. The van der Waals surface area contributed by atoms with Crippen molar-refractivity contribution in [1.82, 2.24) is 0 Å². The Bertz CT molecular complexity index is 379. The van der Waals surface area contributed by atoms with Gasteiger partial charge < -0.3 is 5.73 Å². The second kappa shape index (κ2) is 6.95. The number of hydrogen-bond acceptors (Lipinski definition) is 1. The first-order chi connectivity index (χ1) is 7.86. The van der Waals surface area contributed by atoms with Crippen LogP contribution in [0.15, 0.2) is 18.2 Å². The molecule has 0 saturated carbocycles. The van der Waals surface area contributed by atoms with Crippen molar-refractivity contribution in [2.75, 3.05) is 0 Å². The van der Waals surface area contributed by atoms with Gasteiger partial charge in [-0.05, 0) is 24.1 Å². The average molecular weight is 286 g/mol. The SMILES string of the molecule is CCCC[C@@H](N)c1ccc(C(F)(F)F)c(F)c1.Cl. The van der Waals surface area contributed by atoms with E-state index in [0.717, 1.165) is 25.0 Å². The Morgan fingerprint density at radius 1 is 1.28 bits per heavy atom. The Morgan fingerprint density at radius 2 is 1.89 bits per heavy atom. The lowest BCUT2D eigenvalue weighted by Gasteiger charge is -2.14. The maximum atomic E-state index is 13.3. The van der Waals surface area contributed by atoms with E-state index in [1.54, 1.807) is 0 Å². The van der Waals surface area contributed by atoms with Gasteiger partial charge in [-0.25, -0.2) is 4.39 Å². The van der Waals surface area contributed by atoms with Crippen LogP contribution in [-0.2, 0) is 6.18 Å². The summed E-state index contributed by atoms with van der Waals surface area (Å²) in [7, 11) is 0. The molecule has 1 rings (SSSR count). The average Bonchev–Trinajstić information content (AvgIpc) is 2.23. The van der Waals surface area contributed by atoms with Crippen LogP contribution >= 0.6 is 12.4 Å². The van der Waals surface area contributed by atoms with E-state index in [-0.39, 0.29) is 12.4 Å². The lowest BCUT2D eigenvalue weighted by molar-refractivity contribution is -0.140. The van der Waals surface area contributed by atoms with Crippen LogP contribution in [0.3, 0.4) is 0 Å². The molecular formula is C12H16ClF4N. The molecule has 0 bridgehead atoms. The fraction of sp³-hybridized carbons (Fsp3) is 0.500. The molecule has 0 aliphatic carbocycles. The monoisotopic (exact) mass is 285 g/mol. The van der Waals surface area contributed by atoms with Crippen molar-refractivity contribution in [2.45, 2.75) is 38.4 Å². The third-order valence-electron chi connectivity index (χ3n) is 2.60. The molecule has 104 valence electrons. The molecule has 0 aliphatic heterocycles. The van der Waals surface area contributed by atoms with E-state index < -0.39 is 23.6 Å². The quantitative estimate of drug-likeness (QED) is 0.812. The highest BCUT2D eigenvalue weighted by Crippen LogP contribution is 2.32. The zero-order chi connectivity index (χ0) is 13.1. The molecule has 0 fully saturated rings. The molecule has 0 aromatic heterocycles. The van der Waals surface area contributed by atoms with Gasteiger partial charge in [0, 0.05) is 6.04 Å². The zero-order valence-corrected chi connectivity index (χ0v) is 10.7. The fourth-order valence-electron chi connectivity index (χ4n) is 1.58. The van der Waals surface area contributed by atoms with Crippen molar-refractivity contribution in [2.24, 2.45) is 5.73 Å². The smallest absolute Gasteiger partial charge is 0.324 e. The summed E-state index contributed by atoms with van der Waals surface area (Å²) in [4.78, 5) is 0. The number of hydrogen-bond donors (Lipinski definition) is 1. The number of alkyl halides is 3. The molecule has 1 atom stereocenters. The minimum absolute atomic E-state index is 0. The number of nitrogens with two attached hydrogens (primary N) is 1. The molecule has 1 nitrogen and oxygen atoms in total. The van der Waals surface area contributed by atoms with E-state index in [1.807, 2.05) is 6.92 Å². The molecule has 0 heterocycles. The molecule has 0 amide bonds. The molecule has 1 aromatic rings. The molecule has 0 saturated heterocycles. The molecule has 6 heteroatoms. The molecule has 0 aliphatic rings. The Morgan fingerprint density at radius 3 is 2.33 bits per heavy atom. The Labute approximate surface area is 110 Å². The van der Waals surface area contributed by atoms with Gasteiger partial charge in [0.2, 0.25) is 0 Å². The van der Waals surface area contributed by atoms with Crippen LogP contribution in [0.25, 0.3) is 0 Å². The predicted molar refractivity (Wildman–Crippen MR) is 65.1 cm³/mol. The molecule has 18 heavy (non-hydrogen) atoms. The van der Waals surface area contributed by atoms with Gasteiger partial charge in [0.1, 0.15) is 5.82 Å². The maximum Gasteiger partial charge on any atom is 0.419 e. The van der Waals surface area contributed by atoms with Crippen molar-refractivity contribution in [3.8, 4) is 0 Å². The predicted octanol–water partition coefficient (Wildman–Crippen LogP) is 4.46. The van der Waals surface area contributed by atoms with Gasteiger partial charge in [0.15, 0.2) is 0 Å². The summed E-state index contributed by atoms with van der Waals surface area (Å²) in [5.74, 6) is -1.26. The summed E-state index contributed by atoms with van der Waals surface area (Å²) < 4.78 is 50.2. The Hall–Kier alpha value is -0.810. The minimum Gasteiger partial charge on any atom is -0.324 e. The van der Waals surface area contributed by atoms with Gasteiger partial charge >= 0.3 is 6.18 Å². The van der Waals surface area contributed by atoms with Crippen molar-refractivity contribution in [3.05, 3.63) is 35.1 Å². The molecule has 0 spiro atoms. The lowest BCUT2D eigenvalue weighted by Crippen LogP contribution is -2.13. The van der Waals surface area contributed by atoms with E-state index in [1.165, 1.54) is 6.07 Å². The van der Waals surface area contributed by atoms with E-state index in [0.29, 0.717) is 12.0 Å². The van der Waals surface area contributed by atoms with E-state index in [2.05, 4.69) is 0 Å². The van der Waals surface area contributed by atoms with Gasteiger partial charge in [-0.2, -0.15) is 13.2 Å². The highest BCUT2D eigenvalue weighted by atomic mass is 35.5. The first-order valence-electron chi connectivity index (χ1n) is 5.48. The molecule has 2 N–H and O–H groups in total. The molecule has 0 unspecified atom stereocenters. The number of rotatable bonds is 4. The standard InChI is InChI=1S/C12H15F4N.ClH/c1-2-3-4-11(17)8-5-6-9(10(13)7-8)12(14,15)16;/h5-7,11H,2-4,17H2,1H3;1H/t11-;/m1./s1. The van der Waals surface area contributed by atoms with E-state index >= 15 is 0 Å². The van der Waals surface area contributed by atoms with Crippen LogP contribution in [-0.4, -0.2) is 0 Å². The van der Waals surface area contributed by atoms with Crippen LogP contribution in [0.1, 0.15) is 43.4 Å². The van der Waals surface area contributed by atoms with Crippen LogP contribution in [0.2, 0.25) is 0 Å². The molecule has 1 aromatic carbocycles. The first-order valence-corrected chi connectivity index (χ1v) is 5.48. The van der Waals surface area contributed by atoms with Crippen LogP contribution in [0.4, 0.5) is 17.6 Å². The Kier molecular flexibility index (Phi) is 6.63. The van der Waals surface area contributed by atoms with Crippen LogP contribution in [0, 0.1) is 5.82 Å². The summed E-state index contributed by atoms with van der Waals surface area (Å²) in [5.41, 5.74) is 4.92. The van der Waals surface area contributed by atoms with Gasteiger partial charge in [0.05, 0.1) is 5.56 Å². The summed E-state index contributed by atoms with van der Waals surface area (Å²) in [5, 5.41) is 0. The van der Waals surface area contributed by atoms with E-state index in [4.69, 9.17) is 5.73 Å². The van der Waals surface area contributed by atoms with Crippen molar-refractivity contribution < 1.29 is 17.6 Å². The summed E-state index contributed by atoms with van der Waals surface area (Å²) in [6, 6.07) is 2.46. The molecule has 0 radical (unpaired) electrons.